The maximum absolute atomic E-state index is 12.2. The first-order valence-electron chi connectivity index (χ1n) is 7.90. The summed E-state index contributed by atoms with van der Waals surface area (Å²) >= 11 is 0. The summed E-state index contributed by atoms with van der Waals surface area (Å²) in [6, 6.07) is 0. The summed E-state index contributed by atoms with van der Waals surface area (Å²) in [5.74, 6) is 0.227. The van der Waals surface area contributed by atoms with Gasteiger partial charge in [-0.15, -0.1) is 0 Å². The van der Waals surface area contributed by atoms with Gasteiger partial charge in [0.05, 0.1) is 11.8 Å². The van der Waals surface area contributed by atoms with Crippen molar-refractivity contribution in [3.05, 3.63) is 0 Å². The van der Waals surface area contributed by atoms with Crippen LogP contribution in [-0.4, -0.2) is 18.2 Å². The molecule has 0 aromatic carbocycles. The first kappa shape index (κ1) is 15.3. The highest BCUT2D eigenvalue weighted by molar-refractivity contribution is 5.76. The third-order valence-electron chi connectivity index (χ3n) is 5.05. The summed E-state index contributed by atoms with van der Waals surface area (Å²) in [4.78, 5) is 24.2. The van der Waals surface area contributed by atoms with Crippen LogP contribution < -0.4 is 0 Å². The van der Waals surface area contributed by atoms with Crippen LogP contribution in [0.2, 0.25) is 0 Å². The van der Waals surface area contributed by atoms with Crippen molar-refractivity contribution in [3.63, 3.8) is 0 Å². The number of hydrogen-bond donors (Lipinski definition) is 0. The molecule has 2 fully saturated rings. The molecule has 2 rings (SSSR count). The minimum atomic E-state index is -0.669. The second kappa shape index (κ2) is 6.15. The van der Waals surface area contributed by atoms with Gasteiger partial charge < -0.3 is 9.47 Å². The minimum absolute atomic E-state index is 0.0208. The molecule has 1 heterocycles. The fourth-order valence-corrected chi connectivity index (χ4v) is 3.82. The van der Waals surface area contributed by atoms with Crippen LogP contribution >= 0.6 is 0 Å². The van der Waals surface area contributed by atoms with Crippen LogP contribution in [-0.2, 0) is 19.1 Å². The summed E-state index contributed by atoms with van der Waals surface area (Å²) in [6.45, 7) is 8.20. The van der Waals surface area contributed by atoms with E-state index < -0.39 is 6.29 Å². The lowest BCUT2D eigenvalue weighted by molar-refractivity contribution is -0.215. The molecule has 1 aliphatic heterocycles. The molecule has 0 radical (unpaired) electrons. The van der Waals surface area contributed by atoms with Gasteiger partial charge in [0.15, 0.2) is 0 Å². The van der Waals surface area contributed by atoms with Gasteiger partial charge in [-0.05, 0) is 31.1 Å². The van der Waals surface area contributed by atoms with Crippen LogP contribution in [0.15, 0.2) is 0 Å². The predicted octanol–water partition coefficient (Wildman–Crippen LogP) is 3.15. The van der Waals surface area contributed by atoms with Crippen LogP contribution in [0.5, 0.6) is 0 Å². The highest BCUT2D eigenvalue weighted by Gasteiger charge is 2.53. The normalized spacial score (nSPS) is 37.4. The van der Waals surface area contributed by atoms with Crippen molar-refractivity contribution in [1.29, 1.82) is 0 Å². The molecule has 0 aromatic heterocycles. The number of ether oxygens (including phenoxy) is 2. The van der Waals surface area contributed by atoms with Gasteiger partial charge in [0.2, 0.25) is 0 Å². The van der Waals surface area contributed by atoms with Crippen molar-refractivity contribution < 1.29 is 19.1 Å². The van der Waals surface area contributed by atoms with Gasteiger partial charge in [-0.25, -0.2) is 0 Å². The Labute approximate surface area is 121 Å². The van der Waals surface area contributed by atoms with E-state index in [9.17, 15) is 9.59 Å². The Balaban J connectivity index is 2.03. The van der Waals surface area contributed by atoms with Gasteiger partial charge in [0.1, 0.15) is 0 Å². The third kappa shape index (κ3) is 2.70. The van der Waals surface area contributed by atoms with E-state index in [1.54, 1.807) is 0 Å². The zero-order valence-corrected chi connectivity index (χ0v) is 12.9. The Bertz CT molecular complexity index is 379. The quantitative estimate of drug-likeness (QED) is 0.727. The van der Waals surface area contributed by atoms with E-state index >= 15 is 0 Å². The summed E-state index contributed by atoms with van der Waals surface area (Å²) in [6.07, 6.45) is 2.79. The molecule has 114 valence electrons. The van der Waals surface area contributed by atoms with E-state index in [4.69, 9.17) is 9.47 Å². The highest BCUT2D eigenvalue weighted by atomic mass is 16.7. The van der Waals surface area contributed by atoms with Gasteiger partial charge in [0, 0.05) is 5.92 Å². The van der Waals surface area contributed by atoms with E-state index in [1.165, 1.54) is 0 Å². The number of rotatable bonds is 5. The Kier molecular flexibility index (Phi) is 4.71. The van der Waals surface area contributed by atoms with E-state index in [-0.39, 0.29) is 35.6 Å². The second-order valence-electron chi connectivity index (χ2n) is 6.40. The van der Waals surface area contributed by atoms with Crippen molar-refractivity contribution in [2.24, 2.45) is 29.6 Å². The topological polar surface area (TPSA) is 52.6 Å². The van der Waals surface area contributed by atoms with Crippen LogP contribution in [0.4, 0.5) is 0 Å². The number of carbonyl (C=O) groups is 2. The molecule has 6 unspecified atom stereocenters. The zero-order valence-electron chi connectivity index (χ0n) is 12.9. The molecular formula is C16H26O4. The van der Waals surface area contributed by atoms with Crippen molar-refractivity contribution in [3.8, 4) is 0 Å². The number of carbonyl (C=O) groups excluding carboxylic acids is 2. The minimum Gasteiger partial charge on any atom is -0.425 e. The summed E-state index contributed by atoms with van der Waals surface area (Å²) in [7, 11) is 0. The fourth-order valence-electron chi connectivity index (χ4n) is 3.82. The van der Waals surface area contributed by atoms with Gasteiger partial charge in [-0.2, -0.15) is 0 Å². The second-order valence-corrected chi connectivity index (χ2v) is 6.40. The Morgan fingerprint density at radius 1 is 1.40 bits per heavy atom. The molecule has 0 aromatic rings. The lowest BCUT2D eigenvalue weighted by atomic mass is 9.87. The van der Waals surface area contributed by atoms with Crippen LogP contribution in [0.25, 0.3) is 0 Å². The van der Waals surface area contributed by atoms with Gasteiger partial charge in [0.25, 0.3) is 6.29 Å². The molecule has 1 saturated heterocycles. The maximum atomic E-state index is 12.2. The third-order valence-corrected chi connectivity index (χ3v) is 5.05. The number of fused-ring (bicyclic) bond motifs is 2. The first-order valence-corrected chi connectivity index (χ1v) is 7.90. The highest BCUT2D eigenvalue weighted by Crippen LogP contribution is 2.48. The summed E-state index contributed by atoms with van der Waals surface area (Å²) < 4.78 is 10.9. The van der Waals surface area contributed by atoms with Gasteiger partial charge in [-0.3, -0.25) is 9.59 Å². The molecule has 1 saturated carbocycles. The maximum Gasteiger partial charge on any atom is 0.312 e. The average molecular weight is 282 g/mol. The molecule has 0 spiro atoms. The van der Waals surface area contributed by atoms with Crippen LogP contribution in [0, 0.1) is 29.6 Å². The number of cyclic esters (lactones) is 1. The standard InChI is InChI=1S/C16H26O4/c1-5-7-11(6-2)14(17)19-16-12-8-9(3)13(10(12)4)15(18)20-16/h9-13,16H,5-8H2,1-4H3. The predicted molar refractivity (Wildman–Crippen MR) is 74.6 cm³/mol. The molecule has 0 N–H and O–H groups in total. The Morgan fingerprint density at radius 3 is 2.70 bits per heavy atom. The average Bonchev–Trinajstić information content (AvgIpc) is 2.62. The summed E-state index contributed by atoms with van der Waals surface area (Å²) in [5.41, 5.74) is 0. The molecule has 4 nitrogen and oxygen atoms in total. The van der Waals surface area contributed by atoms with Crippen molar-refractivity contribution in [1.82, 2.24) is 0 Å². The molecule has 2 aliphatic rings. The lowest BCUT2D eigenvalue weighted by Gasteiger charge is -2.33. The Hall–Kier alpha value is -1.06. The van der Waals surface area contributed by atoms with Crippen molar-refractivity contribution in [2.75, 3.05) is 0 Å². The fraction of sp³-hybridized carbons (Fsp3) is 0.875. The van der Waals surface area contributed by atoms with Crippen molar-refractivity contribution in [2.45, 2.75) is 59.7 Å². The SMILES string of the molecule is CCCC(CC)C(=O)OC1OC(=O)C2C(C)CC1C2C. The molecule has 2 bridgehead atoms. The number of hydrogen-bond acceptors (Lipinski definition) is 4. The monoisotopic (exact) mass is 282 g/mol. The lowest BCUT2D eigenvalue weighted by Crippen LogP contribution is -2.42. The molecule has 4 heteroatoms. The first-order chi connectivity index (χ1) is 9.49. The van der Waals surface area contributed by atoms with E-state index in [0.717, 1.165) is 25.7 Å². The molecule has 0 amide bonds. The van der Waals surface area contributed by atoms with Gasteiger partial charge in [-0.1, -0.05) is 34.1 Å². The van der Waals surface area contributed by atoms with E-state index in [0.29, 0.717) is 5.92 Å². The zero-order chi connectivity index (χ0) is 14.9. The molecular weight excluding hydrogens is 256 g/mol. The van der Waals surface area contributed by atoms with Crippen molar-refractivity contribution >= 4 is 11.9 Å². The smallest absolute Gasteiger partial charge is 0.312 e. The Morgan fingerprint density at radius 2 is 2.10 bits per heavy atom. The molecule has 20 heavy (non-hydrogen) atoms. The van der Waals surface area contributed by atoms with Crippen LogP contribution in [0.1, 0.15) is 53.4 Å². The van der Waals surface area contributed by atoms with Gasteiger partial charge >= 0.3 is 11.9 Å². The number of esters is 2. The largest absolute Gasteiger partial charge is 0.425 e. The van der Waals surface area contributed by atoms with E-state index in [1.807, 2.05) is 6.92 Å². The van der Waals surface area contributed by atoms with E-state index in [2.05, 4.69) is 20.8 Å². The molecule has 1 aliphatic carbocycles. The molecule has 6 atom stereocenters. The van der Waals surface area contributed by atoms with Crippen LogP contribution in [0.3, 0.4) is 0 Å². The summed E-state index contributed by atoms with van der Waals surface area (Å²) in [5, 5.41) is 0.